The fourth-order valence-electron chi connectivity index (χ4n) is 1.80. The van der Waals surface area contributed by atoms with E-state index in [0.29, 0.717) is 37.0 Å². The van der Waals surface area contributed by atoms with Gasteiger partial charge in [-0.3, -0.25) is 0 Å². The summed E-state index contributed by atoms with van der Waals surface area (Å²) < 4.78 is 0. The largest absolute Gasteiger partial charge is 0.393 e. The van der Waals surface area contributed by atoms with Gasteiger partial charge in [-0.1, -0.05) is 27.7 Å². The first-order valence-electron chi connectivity index (χ1n) is 7.07. The zero-order valence-corrected chi connectivity index (χ0v) is 12.4. The molecule has 106 valence electrons. The topological polar surface area (TPSA) is 40.5 Å². The van der Waals surface area contributed by atoms with E-state index < -0.39 is 0 Å². The van der Waals surface area contributed by atoms with Gasteiger partial charge in [0.25, 0.3) is 0 Å². The molecule has 0 heterocycles. The molecule has 0 rings (SSSR count). The Balaban J connectivity index is 3.72. The minimum absolute atomic E-state index is 0.296. The van der Waals surface area contributed by atoms with Gasteiger partial charge in [-0.2, -0.15) is 0 Å². The van der Waals surface area contributed by atoms with E-state index in [1.165, 1.54) is 0 Å². The van der Waals surface area contributed by atoms with E-state index in [1.807, 2.05) is 0 Å². The van der Waals surface area contributed by atoms with Gasteiger partial charge in [0, 0.05) is 6.42 Å². The predicted molar refractivity (Wildman–Crippen MR) is 77.2 cm³/mol. The summed E-state index contributed by atoms with van der Waals surface area (Å²) in [4.78, 5) is 0. The van der Waals surface area contributed by atoms with Crippen LogP contribution in [0.5, 0.6) is 0 Å². The monoisotopic (exact) mass is 254 g/mol. The summed E-state index contributed by atoms with van der Waals surface area (Å²) in [6.45, 7) is 8.92. The van der Waals surface area contributed by atoms with Gasteiger partial charge in [-0.05, 0) is 43.4 Å². The maximum Gasteiger partial charge on any atom is 0.0550 e. The van der Waals surface area contributed by atoms with Crippen LogP contribution in [0, 0.1) is 23.7 Å². The second kappa shape index (κ2) is 8.56. The molecule has 0 spiro atoms. The van der Waals surface area contributed by atoms with Crippen LogP contribution in [0.25, 0.3) is 0 Å². The molecule has 0 aromatic rings. The Morgan fingerprint density at radius 1 is 0.944 bits per heavy atom. The Labute approximate surface area is 113 Å². The van der Waals surface area contributed by atoms with Crippen LogP contribution in [-0.4, -0.2) is 22.4 Å². The van der Waals surface area contributed by atoms with E-state index in [2.05, 4.69) is 33.6 Å². The molecule has 18 heavy (non-hydrogen) atoms. The molecular formula is C16H30O2. The minimum atomic E-state index is -0.365. The van der Waals surface area contributed by atoms with Crippen molar-refractivity contribution in [3.8, 4) is 12.3 Å². The van der Waals surface area contributed by atoms with E-state index in [9.17, 15) is 10.2 Å². The number of aliphatic hydroxyl groups excluding tert-OH is 2. The lowest BCUT2D eigenvalue weighted by Gasteiger charge is -2.28. The maximum atomic E-state index is 9.89. The number of hydrogen-bond donors (Lipinski definition) is 2. The number of hydrogen-bond acceptors (Lipinski definition) is 2. The lowest BCUT2D eigenvalue weighted by molar-refractivity contribution is 0.0954. The highest BCUT2D eigenvalue weighted by molar-refractivity contribution is 4.84. The molecule has 0 fully saturated rings. The van der Waals surface area contributed by atoms with Crippen LogP contribution in [-0.2, 0) is 0 Å². The zero-order valence-electron chi connectivity index (χ0n) is 12.4. The van der Waals surface area contributed by atoms with Gasteiger partial charge in [-0.25, -0.2) is 0 Å². The standard InChI is InChI=1S/C16H30O2/c1-6-7-8-14(17)11-12-15(18)10-9-13(2)16(3,4)5/h1,13-15,17-18H,7-12H2,2-5H3. The highest BCUT2D eigenvalue weighted by Gasteiger charge is 2.20. The Kier molecular flexibility index (Phi) is 8.31. The molecule has 0 saturated heterocycles. The summed E-state index contributed by atoms with van der Waals surface area (Å²) in [6, 6.07) is 0. The van der Waals surface area contributed by atoms with Crippen molar-refractivity contribution in [2.45, 2.75) is 78.4 Å². The molecule has 2 N–H and O–H groups in total. The molecule has 0 amide bonds. The Hall–Kier alpha value is -0.520. The van der Waals surface area contributed by atoms with Crippen LogP contribution < -0.4 is 0 Å². The van der Waals surface area contributed by atoms with Crippen LogP contribution in [0.3, 0.4) is 0 Å². The molecule has 0 radical (unpaired) electrons. The molecule has 3 atom stereocenters. The van der Waals surface area contributed by atoms with Crippen LogP contribution >= 0.6 is 0 Å². The molecule has 2 nitrogen and oxygen atoms in total. The summed E-state index contributed by atoms with van der Waals surface area (Å²) in [5.74, 6) is 3.12. The molecule has 0 bridgehead atoms. The van der Waals surface area contributed by atoms with E-state index in [-0.39, 0.29) is 12.2 Å². The van der Waals surface area contributed by atoms with Gasteiger partial charge < -0.3 is 10.2 Å². The highest BCUT2D eigenvalue weighted by atomic mass is 16.3. The van der Waals surface area contributed by atoms with Gasteiger partial charge >= 0.3 is 0 Å². The van der Waals surface area contributed by atoms with E-state index in [4.69, 9.17) is 6.42 Å². The molecule has 0 aliphatic carbocycles. The fraction of sp³-hybridized carbons (Fsp3) is 0.875. The highest BCUT2D eigenvalue weighted by Crippen LogP contribution is 2.29. The third-order valence-electron chi connectivity index (χ3n) is 3.87. The van der Waals surface area contributed by atoms with Crippen LogP contribution in [0.2, 0.25) is 0 Å². The van der Waals surface area contributed by atoms with Crippen molar-refractivity contribution in [2.75, 3.05) is 0 Å². The minimum Gasteiger partial charge on any atom is -0.393 e. The van der Waals surface area contributed by atoms with E-state index in [1.54, 1.807) is 0 Å². The molecule has 0 saturated carbocycles. The maximum absolute atomic E-state index is 9.89. The van der Waals surface area contributed by atoms with Crippen molar-refractivity contribution in [1.29, 1.82) is 0 Å². The van der Waals surface area contributed by atoms with Crippen molar-refractivity contribution >= 4 is 0 Å². The smallest absolute Gasteiger partial charge is 0.0550 e. The SMILES string of the molecule is C#CCCC(O)CCC(O)CCC(C)C(C)(C)C. The molecule has 0 aromatic heterocycles. The van der Waals surface area contributed by atoms with Crippen LogP contribution in [0.1, 0.15) is 66.2 Å². The second-order valence-corrected chi connectivity index (χ2v) is 6.47. The number of aliphatic hydroxyl groups is 2. The van der Waals surface area contributed by atoms with Crippen molar-refractivity contribution in [3.63, 3.8) is 0 Å². The second-order valence-electron chi connectivity index (χ2n) is 6.47. The van der Waals surface area contributed by atoms with Gasteiger partial charge in [0.1, 0.15) is 0 Å². The number of rotatable bonds is 8. The first-order chi connectivity index (χ1) is 8.27. The van der Waals surface area contributed by atoms with Crippen LogP contribution in [0.15, 0.2) is 0 Å². The van der Waals surface area contributed by atoms with E-state index in [0.717, 1.165) is 12.8 Å². The van der Waals surface area contributed by atoms with E-state index >= 15 is 0 Å². The van der Waals surface area contributed by atoms with Crippen molar-refractivity contribution in [1.82, 2.24) is 0 Å². The summed E-state index contributed by atoms with van der Waals surface area (Å²) >= 11 is 0. The Morgan fingerprint density at radius 3 is 1.83 bits per heavy atom. The first kappa shape index (κ1) is 17.5. The molecule has 0 aliphatic rings. The third-order valence-corrected chi connectivity index (χ3v) is 3.87. The average molecular weight is 254 g/mol. The molecular weight excluding hydrogens is 224 g/mol. The van der Waals surface area contributed by atoms with Crippen molar-refractivity contribution in [3.05, 3.63) is 0 Å². The van der Waals surface area contributed by atoms with Crippen LogP contribution in [0.4, 0.5) is 0 Å². The molecule has 0 aliphatic heterocycles. The molecule has 2 heteroatoms. The quantitative estimate of drug-likeness (QED) is 0.652. The zero-order chi connectivity index (χ0) is 14.2. The summed E-state index contributed by atoms with van der Waals surface area (Å²) in [5, 5.41) is 19.5. The Bertz CT molecular complexity index is 247. The summed E-state index contributed by atoms with van der Waals surface area (Å²) in [6.07, 6.45) is 8.90. The molecule has 0 aromatic carbocycles. The summed E-state index contributed by atoms with van der Waals surface area (Å²) in [5.41, 5.74) is 0.298. The number of terminal acetylenes is 1. The fourth-order valence-corrected chi connectivity index (χ4v) is 1.80. The average Bonchev–Trinajstić information content (AvgIpc) is 2.29. The van der Waals surface area contributed by atoms with Crippen molar-refractivity contribution < 1.29 is 10.2 Å². The van der Waals surface area contributed by atoms with Gasteiger partial charge in [0.05, 0.1) is 12.2 Å². The lowest BCUT2D eigenvalue weighted by atomic mass is 9.79. The predicted octanol–water partition coefficient (Wildman–Crippen LogP) is 3.36. The van der Waals surface area contributed by atoms with Crippen molar-refractivity contribution in [2.24, 2.45) is 11.3 Å². The van der Waals surface area contributed by atoms with Gasteiger partial charge in [0.2, 0.25) is 0 Å². The lowest BCUT2D eigenvalue weighted by Crippen LogP contribution is -2.20. The van der Waals surface area contributed by atoms with Gasteiger partial charge in [-0.15, -0.1) is 12.3 Å². The molecule has 3 unspecified atom stereocenters. The van der Waals surface area contributed by atoms with Gasteiger partial charge in [0.15, 0.2) is 0 Å². The third kappa shape index (κ3) is 8.55. The summed E-state index contributed by atoms with van der Waals surface area (Å²) in [7, 11) is 0. The normalized spacial score (nSPS) is 16.9. The Morgan fingerprint density at radius 2 is 1.39 bits per heavy atom. The first-order valence-corrected chi connectivity index (χ1v) is 7.07.